The number of nitrogen functional groups attached to an aromatic ring is 1. The number of hydrogen-bond acceptors (Lipinski definition) is 4. The zero-order valence-electron chi connectivity index (χ0n) is 8.16. The maximum atomic E-state index is 10.9. The van der Waals surface area contributed by atoms with E-state index >= 15 is 0 Å². The van der Waals surface area contributed by atoms with Gasteiger partial charge in [0.25, 0.3) is 5.91 Å². The van der Waals surface area contributed by atoms with Crippen molar-refractivity contribution in [2.24, 2.45) is 5.73 Å². The topological polar surface area (TPSA) is 106 Å². The lowest BCUT2D eigenvalue weighted by atomic mass is 10.1. The van der Waals surface area contributed by atoms with Gasteiger partial charge in [0.05, 0.1) is 11.9 Å². The molecule has 0 spiro atoms. The van der Waals surface area contributed by atoms with Gasteiger partial charge in [0, 0.05) is 17.2 Å². The summed E-state index contributed by atoms with van der Waals surface area (Å²) in [6.07, 6.45) is 3.71. The second kappa shape index (κ2) is 3.34. The fraction of sp³-hybridized carbons (Fsp3) is 0.300. The molecular formula is C10H12N4O. The summed E-state index contributed by atoms with van der Waals surface area (Å²) in [4.78, 5) is 15.0. The van der Waals surface area contributed by atoms with Gasteiger partial charge in [-0.05, 0) is 18.9 Å². The first-order valence-electron chi connectivity index (χ1n) is 4.73. The fourth-order valence-corrected chi connectivity index (χ4v) is 1.43. The second-order valence-electron chi connectivity index (χ2n) is 3.71. The largest absolute Gasteiger partial charge is 0.397 e. The number of rotatable bonds is 3. The molecule has 1 aromatic heterocycles. The van der Waals surface area contributed by atoms with Crippen LogP contribution in [0.1, 0.15) is 30.0 Å². The van der Waals surface area contributed by atoms with Gasteiger partial charge in [0.1, 0.15) is 5.71 Å². The summed E-state index contributed by atoms with van der Waals surface area (Å²) in [7, 11) is 0. The van der Waals surface area contributed by atoms with Crippen LogP contribution in [-0.4, -0.2) is 16.6 Å². The van der Waals surface area contributed by atoms with Crippen LogP contribution in [0.4, 0.5) is 5.69 Å². The molecule has 1 aliphatic rings. The monoisotopic (exact) mass is 204 g/mol. The van der Waals surface area contributed by atoms with E-state index in [1.807, 2.05) is 0 Å². The molecule has 78 valence electrons. The average Bonchev–Trinajstić information content (AvgIpc) is 3.01. The molecule has 0 atom stereocenters. The van der Waals surface area contributed by atoms with Crippen molar-refractivity contribution < 1.29 is 4.79 Å². The van der Waals surface area contributed by atoms with Crippen molar-refractivity contribution >= 4 is 17.3 Å². The van der Waals surface area contributed by atoms with Crippen molar-refractivity contribution in [3.8, 4) is 0 Å². The number of nitrogens with one attached hydrogen (secondary N) is 1. The predicted octanol–water partition coefficient (Wildman–Crippen LogP) is 0.394. The molecule has 15 heavy (non-hydrogen) atoms. The molecule has 5 N–H and O–H groups in total. The molecule has 2 rings (SSSR count). The molecule has 1 saturated carbocycles. The molecule has 0 radical (unpaired) electrons. The lowest BCUT2D eigenvalue weighted by molar-refractivity contribution is -0.112. The number of anilines is 1. The lowest BCUT2D eigenvalue weighted by Crippen LogP contribution is -2.24. The summed E-state index contributed by atoms with van der Waals surface area (Å²) >= 11 is 0. The van der Waals surface area contributed by atoms with Gasteiger partial charge >= 0.3 is 0 Å². The van der Waals surface area contributed by atoms with E-state index in [-0.39, 0.29) is 5.71 Å². The Bertz CT molecular complexity index is 437. The quantitative estimate of drug-likeness (QED) is 0.620. The number of nitrogens with zero attached hydrogens (tertiary/aromatic N) is 1. The van der Waals surface area contributed by atoms with Gasteiger partial charge < -0.3 is 11.5 Å². The highest BCUT2D eigenvalue weighted by Crippen LogP contribution is 2.39. The van der Waals surface area contributed by atoms with Crippen molar-refractivity contribution in [3.05, 3.63) is 23.5 Å². The molecule has 0 aliphatic heterocycles. The highest BCUT2D eigenvalue weighted by molar-refractivity contribution is 6.44. The standard InChI is InChI=1S/C10H12N4O/c11-7-4-14-8(5-1-2-5)3-6(7)9(12)10(13)15/h3-5,12H,1-2,11H2,(H2,13,15). The van der Waals surface area contributed by atoms with E-state index in [0.29, 0.717) is 17.2 Å². The van der Waals surface area contributed by atoms with Crippen molar-refractivity contribution in [2.75, 3.05) is 5.73 Å². The molecule has 0 aromatic carbocycles. The fourth-order valence-electron chi connectivity index (χ4n) is 1.43. The maximum absolute atomic E-state index is 10.9. The molecule has 5 heteroatoms. The Balaban J connectivity index is 2.40. The zero-order chi connectivity index (χ0) is 11.0. The van der Waals surface area contributed by atoms with Crippen molar-refractivity contribution in [3.63, 3.8) is 0 Å². The Morgan fingerprint density at radius 3 is 2.73 bits per heavy atom. The number of carbonyl (C=O) groups is 1. The first kappa shape index (κ1) is 9.64. The number of aromatic nitrogens is 1. The van der Waals surface area contributed by atoms with Gasteiger partial charge in [0.2, 0.25) is 0 Å². The molecule has 0 saturated heterocycles. The van der Waals surface area contributed by atoms with Crippen molar-refractivity contribution in [2.45, 2.75) is 18.8 Å². The Kier molecular flexibility index (Phi) is 2.15. The van der Waals surface area contributed by atoms with Crippen LogP contribution in [0.2, 0.25) is 0 Å². The Hall–Kier alpha value is -1.91. The third-order valence-corrected chi connectivity index (χ3v) is 2.47. The molecule has 0 unspecified atom stereocenters. The normalized spacial score (nSPS) is 14.9. The number of carbonyl (C=O) groups excluding carboxylic acids is 1. The number of hydrogen-bond donors (Lipinski definition) is 3. The molecule has 1 aliphatic carbocycles. The minimum absolute atomic E-state index is 0.253. The lowest BCUT2D eigenvalue weighted by Gasteiger charge is -2.06. The van der Waals surface area contributed by atoms with Crippen LogP contribution in [0.25, 0.3) is 0 Å². The Morgan fingerprint density at radius 1 is 1.53 bits per heavy atom. The smallest absolute Gasteiger partial charge is 0.267 e. The van der Waals surface area contributed by atoms with E-state index in [4.69, 9.17) is 16.9 Å². The van der Waals surface area contributed by atoms with Crippen molar-refractivity contribution in [1.29, 1.82) is 5.41 Å². The minimum atomic E-state index is -0.769. The molecule has 1 amide bonds. The first-order valence-corrected chi connectivity index (χ1v) is 4.73. The van der Waals surface area contributed by atoms with Gasteiger partial charge in [-0.3, -0.25) is 15.2 Å². The third kappa shape index (κ3) is 1.81. The average molecular weight is 204 g/mol. The summed E-state index contributed by atoms with van der Waals surface area (Å²) in [6.45, 7) is 0. The predicted molar refractivity (Wildman–Crippen MR) is 56.6 cm³/mol. The summed E-state index contributed by atoms with van der Waals surface area (Å²) in [5.41, 5.74) is 12.0. The molecule has 0 bridgehead atoms. The number of pyridine rings is 1. The van der Waals surface area contributed by atoms with E-state index in [1.54, 1.807) is 6.07 Å². The summed E-state index contributed by atoms with van der Waals surface area (Å²) in [6, 6.07) is 1.69. The Labute approximate surface area is 87.0 Å². The molecular weight excluding hydrogens is 192 g/mol. The van der Waals surface area contributed by atoms with E-state index in [2.05, 4.69) is 4.98 Å². The van der Waals surface area contributed by atoms with Crippen LogP contribution in [0.5, 0.6) is 0 Å². The van der Waals surface area contributed by atoms with E-state index in [0.717, 1.165) is 18.5 Å². The van der Waals surface area contributed by atoms with Crippen LogP contribution < -0.4 is 11.5 Å². The SMILES string of the molecule is N=C(C(N)=O)c1cc(C2CC2)ncc1N. The highest BCUT2D eigenvalue weighted by Gasteiger charge is 2.26. The summed E-state index contributed by atoms with van der Waals surface area (Å²) in [5, 5.41) is 7.50. The van der Waals surface area contributed by atoms with Crippen molar-refractivity contribution in [1.82, 2.24) is 4.98 Å². The highest BCUT2D eigenvalue weighted by atomic mass is 16.1. The molecule has 1 heterocycles. The van der Waals surface area contributed by atoms with Crippen LogP contribution in [-0.2, 0) is 4.79 Å². The summed E-state index contributed by atoms with van der Waals surface area (Å²) < 4.78 is 0. The molecule has 1 fully saturated rings. The van der Waals surface area contributed by atoms with Gasteiger partial charge in [-0.25, -0.2) is 0 Å². The number of amides is 1. The van der Waals surface area contributed by atoms with E-state index in [1.165, 1.54) is 6.20 Å². The van der Waals surface area contributed by atoms with Crippen LogP contribution in [0, 0.1) is 5.41 Å². The van der Waals surface area contributed by atoms with E-state index in [9.17, 15) is 4.79 Å². The van der Waals surface area contributed by atoms with Gasteiger partial charge in [-0.1, -0.05) is 0 Å². The van der Waals surface area contributed by atoms with Crippen LogP contribution in [0.3, 0.4) is 0 Å². The van der Waals surface area contributed by atoms with E-state index < -0.39 is 5.91 Å². The zero-order valence-corrected chi connectivity index (χ0v) is 8.16. The Morgan fingerprint density at radius 2 is 2.20 bits per heavy atom. The van der Waals surface area contributed by atoms with Gasteiger partial charge in [-0.15, -0.1) is 0 Å². The van der Waals surface area contributed by atoms with Crippen LogP contribution in [0.15, 0.2) is 12.3 Å². The summed E-state index contributed by atoms with van der Waals surface area (Å²) in [5.74, 6) is -0.306. The number of nitrogens with two attached hydrogens (primary N) is 2. The van der Waals surface area contributed by atoms with Crippen LogP contribution >= 0.6 is 0 Å². The third-order valence-electron chi connectivity index (χ3n) is 2.47. The van der Waals surface area contributed by atoms with Gasteiger partial charge in [0.15, 0.2) is 0 Å². The first-order chi connectivity index (χ1) is 7.09. The molecule has 5 nitrogen and oxygen atoms in total. The maximum Gasteiger partial charge on any atom is 0.267 e. The second-order valence-corrected chi connectivity index (χ2v) is 3.71. The minimum Gasteiger partial charge on any atom is -0.397 e. The molecule has 1 aromatic rings. The van der Waals surface area contributed by atoms with Gasteiger partial charge in [-0.2, -0.15) is 0 Å². The number of primary amides is 1.